The summed E-state index contributed by atoms with van der Waals surface area (Å²) in [4.78, 5) is 0. The Hall–Kier alpha value is -1.26. The average Bonchev–Trinajstić information content (AvgIpc) is 2.70. The molecule has 0 unspecified atom stereocenters. The molecule has 0 radical (unpaired) electrons. The summed E-state index contributed by atoms with van der Waals surface area (Å²) >= 11 is 0. The normalized spacial score (nSPS) is 18.2. The summed E-state index contributed by atoms with van der Waals surface area (Å²) in [5, 5.41) is 3.28. The summed E-state index contributed by atoms with van der Waals surface area (Å²) in [7, 11) is 3.32. The highest BCUT2D eigenvalue weighted by atomic mass is 16.5. The maximum Gasteiger partial charge on any atom is 0.160 e. The molecule has 142 valence electrons. The molecule has 1 aliphatic heterocycles. The van der Waals surface area contributed by atoms with E-state index in [-0.39, 0.29) is 0 Å². The molecular formula is C21H35NO3. The van der Waals surface area contributed by atoms with Gasteiger partial charge < -0.3 is 19.5 Å². The van der Waals surface area contributed by atoms with E-state index >= 15 is 0 Å². The summed E-state index contributed by atoms with van der Waals surface area (Å²) in [6.07, 6.45) is 12.1. The first-order chi connectivity index (χ1) is 12.3. The Morgan fingerprint density at radius 1 is 0.880 bits per heavy atom. The molecule has 1 N–H and O–H groups in total. The molecule has 1 saturated heterocycles. The van der Waals surface area contributed by atoms with E-state index in [1.165, 1.54) is 70.0 Å². The van der Waals surface area contributed by atoms with Crippen molar-refractivity contribution in [3.05, 3.63) is 23.8 Å². The fourth-order valence-electron chi connectivity index (χ4n) is 3.41. The van der Waals surface area contributed by atoms with Crippen LogP contribution in [0.5, 0.6) is 11.5 Å². The number of nitrogens with one attached hydrogen (secondary N) is 1. The molecule has 0 amide bonds. The van der Waals surface area contributed by atoms with Gasteiger partial charge >= 0.3 is 0 Å². The van der Waals surface area contributed by atoms with Gasteiger partial charge in [0.05, 0.1) is 26.9 Å². The molecular weight excluding hydrogens is 314 g/mol. The van der Waals surface area contributed by atoms with Gasteiger partial charge in [0.2, 0.25) is 0 Å². The van der Waals surface area contributed by atoms with Gasteiger partial charge in [-0.05, 0) is 62.9 Å². The van der Waals surface area contributed by atoms with Crippen LogP contribution in [-0.2, 0) is 11.2 Å². The highest BCUT2D eigenvalue weighted by Crippen LogP contribution is 2.28. The third-order valence-electron chi connectivity index (χ3n) is 4.95. The predicted octanol–water partition coefficient (Wildman–Crippen LogP) is 4.36. The van der Waals surface area contributed by atoms with Crippen LogP contribution in [-0.4, -0.2) is 40.0 Å². The zero-order chi connectivity index (χ0) is 17.7. The van der Waals surface area contributed by atoms with Gasteiger partial charge in [-0.2, -0.15) is 0 Å². The lowest BCUT2D eigenvalue weighted by Gasteiger charge is -2.22. The number of hydrogen-bond donors (Lipinski definition) is 1. The smallest absolute Gasteiger partial charge is 0.160 e. The van der Waals surface area contributed by atoms with Crippen molar-refractivity contribution in [3.63, 3.8) is 0 Å². The highest BCUT2D eigenvalue weighted by Gasteiger charge is 2.13. The standard InChI is InChI=1S/C16H24O3.C5H11N/c1-17-15-9-8-13(12-16(15)18-2)10-11-19-14-6-4-3-5-7-14;1-2-4-6-5-3-1/h8-9,12,14H,3-7,10-11H2,1-2H3;6H,1-5H2. The van der Waals surface area contributed by atoms with Gasteiger partial charge in [-0.25, -0.2) is 0 Å². The quantitative estimate of drug-likeness (QED) is 0.828. The van der Waals surface area contributed by atoms with Gasteiger partial charge in [0.1, 0.15) is 0 Å². The number of rotatable bonds is 6. The second-order valence-corrected chi connectivity index (χ2v) is 6.88. The Kier molecular flexibility index (Phi) is 9.75. The van der Waals surface area contributed by atoms with Crippen LogP contribution in [0.3, 0.4) is 0 Å². The molecule has 0 bridgehead atoms. The fraction of sp³-hybridized carbons (Fsp3) is 0.714. The van der Waals surface area contributed by atoms with Crippen LogP contribution < -0.4 is 14.8 Å². The molecule has 2 fully saturated rings. The minimum atomic E-state index is 0.480. The van der Waals surface area contributed by atoms with Gasteiger partial charge in [0, 0.05) is 0 Å². The third kappa shape index (κ3) is 7.66. The molecule has 1 saturated carbocycles. The van der Waals surface area contributed by atoms with Gasteiger partial charge in [0.25, 0.3) is 0 Å². The van der Waals surface area contributed by atoms with E-state index in [2.05, 4.69) is 11.4 Å². The summed E-state index contributed by atoms with van der Waals surface area (Å²) in [5.41, 5.74) is 1.23. The molecule has 1 aromatic carbocycles. The monoisotopic (exact) mass is 349 g/mol. The third-order valence-corrected chi connectivity index (χ3v) is 4.95. The Morgan fingerprint density at radius 3 is 2.12 bits per heavy atom. The molecule has 25 heavy (non-hydrogen) atoms. The van der Waals surface area contributed by atoms with E-state index in [1.807, 2.05) is 12.1 Å². The Bertz CT molecular complexity index is 457. The van der Waals surface area contributed by atoms with E-state index in [4.69, 9.17) is 14.2 Å². The average molecular weight is 350 g/mol. The van der Waals surface area contributed by atoms with Crippen molar-refractivity contribution in [1.82, 2.24) is 5.32 Å². The highest BCUT2D eigenvalue weighted by molar-refractivity contribution is 5.42. The Labute approximate surface area is 153 Å². The van der Waals surface area contributed by atoms with E-state index in [0.717, 1.165) is 24.5 Å². The van der Waals surface area contributed by atoms with Gasteiger partial charge in [-0.15, -0.1) is 0 Å². The van der Waals surface area contributed by atoms with Crippen LogP contribution in [0.4, 0.5) is 0 Å². The van der Waals surface area contributed by atoms with Gasteiger partial charge in [0.15, 0.2) is 11.5 Å². The fourth-order valence-corrected chi connectivity index (χ4v) is 3.41. The Morgan fingerprint density at radius 2 is 1.56 bits per heavy atom. The second-order valence-electron chi connectivity index (χ2n) is 6.88. The van der Waals surface area contributed by atoms with Crippen molar-refractivity contribution in [1.29, 1.82) is 0 Å². The molecule has 0 aromatic heterocycles. The summed E-state index contributed by atoms with van der Waals surface area (Å²) in [5.74, 6) is 1.57. The van der Waals surface area contributed by atoms with E-state index in [9.17, 15) is 0 Å². The van der Waals surface area contributed by atoms with Crippen molar-refractivity contribution in [2.75, 3.05) is 33.9 Å². The lowest BCUT2D eigenvalue weighted by molar-refractivity contribution is 0.0303. The zero-order valence-electron chi connectivity index (χ0n) is 16.0. The van der Waals surface area contributed by atoms with Crippen LogP contribution in [0.15, 0.2) is 18.2 Å². The lowest BCUT2D eigenvalue weighted by atomic mass is 9.98. The van der Waals surface area contributed by atoms with Gasteiger partial charge in [-0.1, -0.05) is 31.7 Å². The maximum atomic E-state index is 5.94. The van der Waals surface area contributed by atoms with Crippen LogP contribution in [0.1, 0.15) is 56.9 Å². The number of ether oxygens (including phenoxy) is 3. The predicted molar refractivity (Wildman–Crippen MR) is 103 cm³/mol. The summed E-state index contributed by atoms with van der Waals surface area (Å²) < 4.78 is 16.5. The van der Waals surface area contributed by atoms with Crippen molar-refractivity contribution in [2.45, 2.75) is 63.9 Å². The minimum Gasteiger partial charge on any atom is -0.493 e. The second kappa shape index (κ2) is 12.2. The Balaban J connectivity index is 0.000000316. The maximum absolute atomic E-state index is 5.94. The number of methoxy groups -OCH3 is 2. The molecule has 1 aromatic rings. The van der Waals surface area contributed by atoms with E-state index in [1.54, 1.807) is 14.2 Å². The molecule has 4 nitrogen and oxygen atoms in total. The molecule has 1 heterocycles. The number of benzene rings is 1. The minimum absolute atomic E-state index is 0.480. The molecule has 4 heteroatoms. The van der Waals surface area contributed by atoms with Crippen LogP contribution in [0.25, 0.3) is 0 Å². The molecule has 3 rings (SSSR count). The summed E-state index contributed by atoms with van der Waals surface area (Å²) in [6.45, 7) is 3.29. The molecule has 1 aliphatic carbocycles. The SMILES string of the molecule is C1CCNCC1.COc1ccc(CCOC2CCCCC2)cc1OC. The largest absolute Gasteiger partial charge is 0.493 e. The molecule has 0 spiro atoms. The van der Waals surface area contributed by atoms with Gasteiger partial charge in [-0.3, -0.25) is 0 Å². The van der Waals surface area contributed by atoms with Crippen LogP contribution in [0.2, 0.25) is 0 Å². The molecule has 2 aliphatic rings. The van der Waals surface area contributed by atoms with E-state index < -0.39 is 0 Å². The number of piperidine rings is 1. The summed E-state index contributed by atoms with van der Waals surface area (Å²) in [6, 6.07) is 6.06. The first kappa shape index (κ1) is 20.1. The van der Waals surface area contributed by atoms with Crippen molar-refractivity contribution >= 4 is 0 Å². The van der Waals surface area contributed by atoms with E-state index in [0.29, 0.717) is 6.10 Å². The van der Waals surface area contributed by atoms with Crippen molar-refractivity contribution < 1.29 is 14.2 Å². The first-order valence-corrected chi connectivity index (χ1v) is 9.86. The zero-order valence-corrected chi connectivity index (χ0v) is 16.0. The van der Waals surface area contributed by atoms with Crippen molar-refractivity contribution in [2.24, 2.45) is 0 Å². The van der Waals surface area contributed by atoms with Crippen LogP contribution in [0, 0.1) is 0 Å². The number of hydrogen-bond acceptors (Lipinski definition) is 4. The topological polar surface area (TPSA) is 39.7 Å². The molecule has 0 atom stereocenters. The van der Waals surface area contributed by atoms with Crippen molar-refractivity contribution in [3.8, 4) is 11.5 Å². The lowest BCUT2D eigenvalue weighted by Crippen LogP contribution is -2.21. The first-order valence-electron chi connectivity index (χ1n) is 9.86. The van der Waals surface area contributed by atoms with Crippen LogP contribution >= 0.6 is 0 Å².